The van der Waals surface area contributed by atoms with Gasteiger partial charge < -0.3 is 15.4 Å². The second-order valence-electron chi connectivity index (χ2n) is 5.73. The molecule has 0 aliphatic heterocycles. The molecular weight excluding hydrogens is 236 g/mol. The van der Waals surface area contributed by atoms with Gasteiger partial charge in [-0.25, -0.2) is 0 Å². The average Bonchev–Trinajstić information content (AvgIpc) is 3.18. The van der Waals surface area contributed by atoms with Gasteiger partial charge in [0.05, 0.1) is 18.0 Å². The molecule has 1 saturated carbocycles. The molecular formula is C16H26N2O. The summed E-state index contributed by atoms with van der Waals surface area (Å²) in [6.45, 7) is 8.27. The maximum absolute atomic E-state index is 6.28. The molecule has 0 aromatic heterocycles. The van der Waals surface area contributed by atoms with Gasteiger partial charge in [-0.2, -0.15) is 0 Å². The van der Waals surface area contributed by atoms with E-state index in [1.807, 2.05) is 19.1 Å². The minimum absolute atomic E-state index is 0.656. The topological polar surface area (TPSA) is 38.5 Å². The van der Waals surface area contributed by atoms with Crippen LogP contribution in [0.25, 0.3) is 0 Å². The number of hydrogen-bond donors (Lipinski definition) is 1. The first-order valence-electron chi connectivity index (χ1n) is 7.41. The van der Waals surface area contributed by atoms with Gasteiger partial charge in [-0.3, -0.25) is 0 Å². The second-order valence-corrected chi connectivity index (χ2v) is 5.73. The van der Waals surface area contributed by atoms with Gasteiger partial charge >= 0.3 is 0 Å². The van der Waals surface area contributed by atoms with Gasteiger partial charge in [0.1, 0.15) is 5.75 Å². The predicted molar refractivity (Wildman–Crippen MR) is 81.8 cm³/mol. The van der Waals surface area contributed by atoms with Gasteiger partial charge in [0, 0.05) is 12.6 Å². The van der Waals surface area contributed by atoms with Crippen LogP contribution in [0, 0.1) is 5.92 Å². The fourth-order valence-corrected chi connectivity index (χ4v) is 2.35. The molecule has 0 bridgehead atoms. The van der Waals surface area contributed by atoms with Crippen LogP contribution in [0.5, 0.6) is 5.75 Å². The third-order valence-corrected chi connectivity index (χ3v) is 3.59. The second kappa shape index (κ2) is 6.18. The standard InChI is InChI=1S/C16H26N2O/c1-4-19-15-7-5-6-14(16(15)17)18(13-8-9-13)11-10-12(2)3/h5-7,12-13H,4,8-11,17H2,1-3H3. The van der Waals surface area contributed by atoms with Gasteiger partial charge in [-0.15, -0.1) is 0 Å². The molecule has 1 aromatic rings. The summed E-state index contributed by atoms with van der Waals surface area (Å²) in [4.78, 5) is 2.47. The lowest BCUT2D eigenvalue weighted by atomic mass is 10.1. The molecule has 19 heavy (non-hydrogen) atoms. The number of nitrogen functional groups attached to an aromatic ring is 1. The normalized spacial score (nSPS) is 14.7. The highest BCUT2D eigenvalue weighted by atomic mass is 16.5. The molecule has 0 heterocycles. The average molecular weight is 262 g/mol. The van der Waals surface area contributed by atoms with Crippen LogP contribution in [0.2, 0.25) is 0 Å². The van der Waals surface area contributed by atoms with Crippen molar-refractivity contribution in [3.63, 3.8) is 0 Å². The Bertz CT molecular complexity index is 413. The first-order valence-corrected chi connectivity index (χ1v) is 7.41. The SMILES string of the molecule is CCOc1cccc(N(CCC(C)C)C2CC2)c1N. The van der Waals surface area contributed by atoms with Crippen molar-refractivity contribution >= 4 is 11.4 Å². The number of ether oxygens (including phenoxy) is 1. The van der Waals surface area contributed by atoms with Gasteiger partial charge in [-0.1, -0.05) is 19.9 Å². The molecule has 2 rings (SSSR count). The molecule has 1 aromatic carbocycles. The van der Waals surface area contributed by atoms with E-state index in [1.165, 1.54) is 19.3 Å². The Hall–Kier alpha value is -1.38. The zero-order valence-electron chi connectivity index (χ0n) is 12.4. The Kier molecular flexibility index (Phi) is 4.56. The van der Waals surface area contributed by atoms with Gasteiger partial charge in [0.2, 0.25) is 0 Å². The lowest BCUT2D eigenvalue weighted by Gasteiger charge is -2.27. The first-order chi connectivity index (χ1) is 9.13. The maximum Gasteiger partial charge on any atom is 0.144 e. The molecule has 0 radical (unpaired) electrons. The molecule has 3 nitrogen and oxygen atoms in total. The number of para-hydroxylation sites is 1. The summed E-state index contributed by atoms with van der Waals surface area (Å²) in [5.41, 5.74) is 8.21. The number of benzene rings is 1. The highest BCUT2D eigenvalue weighted by molar-refractivity contribution is 5.74. The molecule has 3 heteroatoms. The van der Waals surface area contributed by atoms with Crippen molar-refractivity contribution in [3.8, 4) is 5.75 Å². The van der Waals surface area contributed by atoms with E-state index in [2.05, 4.69) is 24.8 Å². The van der Waals surface area contributed by atoms with Gasteiger partial charge in [0.15, 0.2) is 0 Å². The number of nitrogens with two attached hydrogens (primary N) is 1. The Morgan fingerprint density at radius 1 is 1.37 bits per heavy atom. The van der Waals surface area contributed by atoms with E-state index in [9.17, 15) is 0 Å². The predicted octanol–water partition coefficient (Wildman–Crippen LogP) is 3.68. The third kappa shape index (κ3) is 3.55. The van der Waals surface area contributed by atoms with Crippen molar-refractivity contribution in [2.75, 3.05) is 23.8 Å². The largest absolute Gasteiger partial charge is 0.492 e. The van der Waals surface area contributed by atoms with Crippen LogP contribution in [0.4, 0.5) is 11.4 Å². The smallest absolute Gasteiger partial charge is 0.144 e. The fourth-order valence-electron chi connectivity index (χ4n) is 2.35. The highest BCUT2D eigenvalue weighted by Gasteiger charge is 2.30. The van der Waals surface area contributed by atoms with E-state index in [1.54, 1.807) is 0 Å². The van der Waals surface area contributed by atoms with Crippen molar-refractivity contribution in [1.82, 2.24) is 0 Å². The van der Waals surface area contributed by atoms with E-state index in [0.29, 0.717) is 12.6 Å². The lowest BCUT2D eigenvalue weighted by molar-refractivity contribution is 0.342. The van der Waals surface area contributed by atoms with Gasteiger partial charge in [-0.05, 0) is 44.2 Å². The van der Waals surface area contributed by atoms with Crippen LogP contribution in [-0.4, -0.2) is 19.2 Å². The Balaban J connectivity index is 2.18. The van der Waals surface area contributed by atoms with Gasteiger partial charge in [0.25, 0.3) is 0 Å². The zero-order valence-corrected chi connectivity index (χ0v) is 12.4. The highest BCUT2D eigenvalue weighted by Crippen LogP contribution is 2.38. The monoisotopic (exact) mass is 262 g/mol. The van der Waals surface area contributed by atoms with E-state index >= 15 is 0 Å². The summed E-state index contributed by atoms with van der Waals surface area (Å²) < 4.78 is 5.60. The summed E-state index contributed by atoms with van der Waals surface area (Å²) in [6, 6.07) is 6.80. The number of nitrogens with zero attached hydrogens (tertiary/aromatic N) is 1. The van der Waals surface area contributed by atoms with Crippen molar-refractivity contribution in [3.05, 3.63) is 18.2 Å². The van der Waals surface area contributed by atoms with Crippen LogP contribution in [0.1, 0.15) is 40.0 Å². The molecule has 2 N–H and O–H groups in total. The summed E-state index contributed by atoms with van der Waals surface area (Å²) in [5, 5.41) is 0. The molecule has 1 aliphatic rings. The molecule has 0 atom stereocenters. The van der Waals surface area contributed by atoms with Crippen molar-refractivity contribution in [2.45, 2.75) is 46.1 Å². The molecule has 0 unspecified atom stereocenters. The quantitative estimate of drug-likeness (QED) is 0.762. The van der Waals surface area contributed by atoms with Crippen molar-refractivity contribution < 1.29 is 4.74 Å². The molecule has 0 saturated heterocycles. The van der Waals surface area contributed by atoms with Crippen LogP contribution >= 0.6 is 0 Å². The summed E-state index contributed by atoms with van der Waals surface area (Å²) in [7, 11) is 0. The Morgan fingerprint density at radius 3 is 2.68 bits per heavy atom. The minimum Gasteiger partial charge on any atom is -0.492 e. The molecule has 0 amide bonds. The lowest BCUT2D eigenvalue weighted by Crippen LogP contribution is -2.28. The summed E-state index contributed by atoms with van der Waals surface area (Å²) in [6.07, 6.45) is 3.78. The van der Waals surface area contributed by atoms with Crippen LogP contribution < -0.4 is 15.4 Å². The van der Waals surface area contributed by atoms with E-state index < -0.39 is 0 Å². The third-order valence-electron chi connectivity index (χ3n) is 3.59. The Morgan fingerprint density at radius 2 is 2.11 bits per heavy atom. The minimum atomic E-state index is 0.656. The number of rotatable bonds is 7. The van der Waals surface area contributed by atoms with Crippen molar-refractivity contribution in [1.29, 1.82) is 0 Å². The molecule has 1 aliphatic carbocycles. The number of hydrogen-bond acceptors (Lipinski definition) is 3. The maximum atomic E-state index is 6.28. The van der Waals surface area contributed by atoms with Crippen molar-refractivity contribution in [2.24, 2.45) is 5.92 Å². The molecule has 106 valence electrons. The summed E-state index contributed by atoms with van der Waals surface area (Å²) in [5.74, 6) is 1.53. The van der Waals surface area contributed by atoms with Crippen LogP contribution in [0.3, 0.4) is 0 Å². The molecule has 0 spiro atoms. The Labute approximate surface area is 116 Å². The number of anilines is 2. The van der Waals surface area contributed by atoms with E-state index in [4.69, 9.17) is 10.5 Å². The zero-order chi connectivity index (χ0) is 13.8. The van der Waals surface area contributed by atoms with E-state index in [0.717, 1.165) is 29.6 Å². The fraction of sp³-hybridized carbons (Fsp3) is 0.625. The first kappa shape index (κ1) is 14.0. The van der Waals surface area contributed by atoms with E-state index in [-0.39, 0.29) is 0 Å². The van der Waals surface area contributed by atoms with Crippen LogP contribution in [-0.2, 0) is 0 Å². The van der Waals surface area contributed by atoms with Crippen LogP contribution in [0.15, 0.2) is 18.2 Å². The molecule has 1 fully saturated rings. The summed E-state index contributed by atoms with van der Waals surface area (Å²) >= 11 is 0.